The molecule has 0 bridgehead atoms. The number of benzene rings is 5. The highest BCUT2D eigenvalue weighted by Crippen LogP contribution is 2.40. The first-order valence-electron chi connectivity index (χ1n) is 18.8. The van der Waals surface area contributed by atoms with Crippen LogP contribution in [-0.4, -0.2) is 39.9 Å². The number of aliphatic hydroxyl groups excluding tert-OH is 1. The summed E-state index contributed by atoms with van der Waals surface area (Å²) in [6, 6.07) is 38.0. The first-order valence-corrected chi connectivity index (χ1v) is 19.8. The average Bonchev–Trinajstić information content (AvgIpc) is 3.23. The van der Waals surface area contributed by atoms with Crippen LogP contribution in [0.2, 0.25) is 0 Å². The highest BCUT2D eigenvalue weighted by atomic mass is 32.2. The predicted molar refractivity (Wildman–Crippen MR) is 219 cm³/mol. The molecule has 0 aromatic heterocycles. The van der Waals surface area contributed by atoms with Gasteiger partial charge in [-0.25, -0.2) is 4.79 Å². The lowest BCUT2D eigenvalue weighted by atomic mass is 9.99. The molecule has 11 heteroatoms. The molecule has 1 aliphatic rings. The van der Waals surface area contributed by atoms with Crippen LogP contribution in [0.4, 0.5) is 11.4 Å². The molecule has 1 aliphatic heterocycles. The van der Waals surface area contributed by atoms with E-state index < -0.39 is 12.3 Å². The number of nitrogens with two attached hydrogens (primary N) is 1. The van der Waals surface area contributed by atoms with E-state index in [0.29, 0.717) is 55.8 Å². The van der Waals surface area contributed by atoms with Crippen molar-refractivity contribution in [3.63, 3.8) is 0 Å². The molecule has 5 aromatic carbocycles. The molecular weight excluding hydrogens is 727 g/mol. The molecule has 1 heterocycles. The Labute approximate surface area is 331 Å². The fraction of sp³-hybridized carbons (Fsp3) is 0.267. The van der Waals surface area contributed by atoms with Crippen molar-refractivity contribution < 1.29 is 34.1 Å². The second kappa shape index (κ2) is 19.9. The second-order valence-electron chi connectivity index (χ2n) is 13.8. The smallest absolute Gasteiger partial charge is 0.335 e. The third-order valence-corrected chi connectivity index (χ3v) is 10.8. The van der Waals surface area contributed by atoms with Gasteiger partial charge in [-0.2, -0.15) is 0 Å². The van der Waals surface area contributed by atoms with Crippen molar-refractivity contribution in [3.8, 4) is 11.1 Å². The van der Waals surface area contributed by atoms with Gasteiger partial charge in [0.15, 0.2) is 6.29 Å². The normalized spacial score (nSPS) is 16.6. The SMILES string of the molecule is Nc1ccccc1NC(=O)CCCCCC(=O)NCc1cccc(-c2ccc([C@@H]3O[C@H](CSc4ccc(C(=O)O)cc4)C[C@H](c4ccc(CO)cc4)O3)cc2)c1. The maximum Gasteiger partial charge on any atom is 0.335 e. The number of ether oxygens (including phenoxy) is 2. The molecule has 6 N–H and O–H groups in total. The van der Waals surface area contributed by atoms with Crippen molar-refractivity contribution in [1.82, 2.24) is 5.32 Å². The zero-order valence-corrected chi connectivity index (χ0v) is 31.9. The molecule has 0 saturated carbocycles. The molecule has 0 radical (unpaired) electrons. The number of carbonyl (C=O) groups is 3. The number of hydrogen-bond donors (Lipinski definition) is 5. The number of thioether (sulfide) groups is 1. The second-order valence-corrected chi connectivity index (χ2v) is 14.9. The fourth-order valence-corrected chi connectivity index (χ4v) is 7.38. The van der Waals surface area contributed by atoms with E-state index in [-0.39, 0.29) is 36.2 Å². The molecule has 0 spiro atoms. The van der Waals surface area contributed by atoms with E-state index >= 15 is 0 Å². The minimum atomic E-state index is -0.954. The summed E-state index contributed by atoms with van der Waals surface area (Å²) in [5.41, 5.74) is 13.0. The average molecular weight is 774 g/mol. The largest absolute Gasteiger partial charge is 0.478 e. The highest BCUT2D eigenvalue weighted by Gasteiger charge is 2.32. The van der Waals surface area contributed by atoms with Crippen molar-refractivity contribution in [3.05, 3.63) is 149 Å². The number of anilines is 2. The number of carboxylic acids is 1. The van der Waals surface area contributed by atoms with Gasteiger partial charge in [-0.3, -0.25) is 9.59 Å². The Bertz CT molecular complexity index is 2070. The Hall–Kier alpha value is -5.46. The first kappa shape index (κ1) is 40.2. The zero-order chi connectivity index (χ0) is 39.3. The van der Waals surface area contributed by atoms with Crippen molar-refractivity contribution in [1.29, 1.82) is 0 Å². The van der Waals surface area contributed by atoms with Crippen LogP contribution in [0.5, 0.6) is 0 Å². The molecule has 1 saturated heterocycles. The van der Waals surface area contributed by atoms with Gasteiger partial charge in [-0.1, -0.05) is 85.3 Å². The van der Waals surface area contributed by atoms with Crippen LogP contribution in [0.25, 0.3) is 11.1 Å². The van der Waals surface area contributed by atoms with E-state index in [1.807, 2.05) is 91.0 Å². The minimum Gasteiger partial charge on any atom is -0.478 e. The summed E-state index contributed by atoms with van der Waals surface area (Å²) in [6.07, 6.45) is 2.61. The van der Waals surface area contributed by atoms with Crippen molar-refractivity contribution in [2.45, 2.75) is 75.1 Å². The van der Waals surface area contributed by atoms with Gasteiger partial charge in [-0.15, -0.1) is 11.8 Å². The molecule has 6 rings (SSSR count). The number of amides is 2. The molecule has 3 atom stereocenters. The molecule has 10 nitrogen and oxygen atoms in total. The van der Waals surface area contributed by atoms with Crippen LogP contribution in [0.3, 0.4) is 0 Å². The van der Waals surface area contributed by atoms with E-state index in [0.717, 1.165) is 44.7 Å². The monoisotopic (exact) mass is 773 g/mol. The number of nitrogens with one attached hydrogen (secondary N) is 2. The van der Waals surface area contributed by atoms with Crippen LogP contribution >= 0.6 is 11.8 Å². The number of unbranched alkanes of at least 4 members (excludes halogenated alkanes) is 2. The number of aliphatic hydroxyl groups is 1. The van der Waals surface area contributed by atoms with Crippen LogP contribution < -0.4 is 16.4 Å². The number of hydrogen-bond acceptors (Lipinski definition) is 8. The number of aromatic carboxylic acids is 1. The summed E-state index contributed by atoms with van der Waals surface area (Å²) in [5, 5.41) is 24.6. The Kier molecular flexibility index (Phi) is 14.3. The first-order chi connectivity index (χ1) is 27.2. The highest BCUT2D eigenvalue weighted by molar-refractivity contribution is 7.99. The van der Waals surface area contributed by atoms with Crippen LogP contribution in [0.1, 0.15) is 83.5 Å². The Morgan fingerprint density at radius 3 is 2.16 bits per heavy atom. The Balaban J connectivity index is 1.01. The molecule has 5 aromatic rings. The molecule has 290 valence electrons. The maximum absolute atomic E-state index is 12.6. The van der Waals surface area contributed by atoms with E-state index in [2.05, 4.69) is 16.7 Å². The van der Waals surface area contributed by atoms with E-state index in [1.54, 1.807) is 36.0 Å². The number of carbonyl (C=O) groups excluding carboxylic acids is 2. The molecule has 56 heavy (non-hydrogen) atoms. The van der Waals surface area contributed by atoms with Gasteiger partial charge in [0.2, 0.25) is 11.8 Å². The number of carboxylic acid groups (broad SMARTS) is 1. The van der Waals surface area contributed by atoms with Crippen LogP contribution in [-0.2, 0) is 32.2 Å². The lowest BCUT2D eigenvalue weighted by Gasteiger charge is -2.36. The van der Waals surface area contributed by atoms with Crippen molar-refractivity contribution in [2.75, 3.05) is 16.8 Å². The topological polar surface area (TPSA) is 160 Å². The van der Waals surface area contributed by atoms with Crippen LogP contribution in [0.15, 0.2) is 126 Å². The standard InChI is InChI=1S/C45H47N3O7S/c46-39-9-4-5-10-40(39)48-43(51)12-3-1-2-11-42(50)47-27-31-7-6-8-36(25-31)32-17-19-35(20-18-32)45-54-37(29-56-38-23-21-34(22-24-38)44(52)53)26-41(55-45)33-15-13-30(28-49)14-16-33/h4-10,13-25,37,41,45,49H,1-3,11-12,26-29,46H2,(H,47,50)(H,48,51)(H,52,53)/t37-,41+,45+/m0/s1. The quantitative estimate of drug-likeness (QED) is 0.0354. The lowest BCUT2D eigenvalue weighted by molar-refractivity contribution is -0.245. The van der Waals surface area contributed by atoms with E-state index in [9.17, 15) is 24.6 Å². The summed E-state index contributed by atoms with van der Waals surface area (Å²) >= 11 is 1.61. The van der Waals surface area contributed by atoms with Gasteiger partial charge < -0.3 is 36.1 Å². The summed E-state index contributed by atoms with van der Waals surface area (Å²) < 4.78 is 13.0. The lowest BCUT2D eigenvalue weighted by Crippen LogP contribution is -2.31. The summed E-state index contributed by atoms with van der Waals surface area (Å²) in [6.45, 7) is 0.386. The maximum atomic E-state index is 12.6. The zero-order valence-electron chi connectivity index (χ0n) is 31.1. The van der Waals surface area contributed by atoms with Crippen molar-refractivity contribution in [2.24, 2.45) is 0 Å². The van der Waals surface area contributed by atoms with Gasteiger partial charge in [0, 0.05) is 42.0 Å². The number of para-hydroxylation sites is 2. The molecule has 0 unspecified atom stereocenters. The van der Waals surface area contributed by atoms with E-state index in [1.165, 1.54) is 0 Å². The third kappa shape index (κ3) is 11.5. The van der Waals surface area contributed by atoms with Crippen molar-refractivity contribution >= 4 is 40.9 Å². The Morgan fingerprint density at radius 2 is 1.45 bits per heavy atom. The summed E-state index contributed by atoms with van der Waals surface area (Å²) in [4.78, 5) is 37.1. The predicted octanol–water partition coefficient (Wildman–Crippen LogP) is 8.67. The number of rotatable bonds is 17. The summed E-state index contributed by atoms with van der Waals surface area (Å²) in [5.74, 6) is -0.409. The van der Waals surface area contributed by atoms with E-state index in [4.69, 9.17) is 15.2 Å². The van der Waals surface area contributed by atoms with Gasteiger partial charge in [-0.05, 0) is 83.1 Å². The molecule has 0 aliphatic carbocycles. The van der Waals surface area contributed by atoms with Gasteiger partial charge in [0.1, 0.15) is 0 Å². The van der Waals surface area contributed by atoms with Gasteiger partial charge in [0.05, 0.1) is 35.8 Å². The summed E-state index contributed by atoms with van der Waals surface area (Å²) in [7, 11) is 0. The number of nitrogen functional groups attached to an aromatic ring is 1. The third-order valence-electron chi connectivity index (χ3n) is 9.63. The molecule has 2 amide bonds. The molecular formula is C45H47N3O7S. The van der Waals surface area contributed by atoms with Crippen LogP contribution in [0, 0.1) is 0 Å². The fourth-order valence-electron chi connectivity index (χ4n) is 6.46. The Morgan fingerprint density at radius 1 is 0.732 bits per heavy atom. The molecule has 1 fully saturated rings. The van der Waals surface area contributed by atoms with Gasteiger partial charge in [0.25, 0.3) is 0 Å². The minimum absolute atomic E-state index is 0.0239. The van der Waals surface area contributed by atoms with Gasteiger partial charge >= 0.3 is 5.97 Å².